The summed E-state index contributed by atoms with van der Waals surface area (Å²) in [5, 5.41) is 0. The van der Waals surface area contributed by atoms with E-state index in [1.165, 1.54) is 6.07 Å². The van der Waals surface area contributed by atoms with Crippen molar-refractivity contribution in [1.29, 1.82) is 0 Å². The van der Waals surface area contributed by atoms with Gasteiger partial charge in [0, 0.05) is 24.8 Å². The van der Waals surface area contributed by atoms with Crippen LogP contribution in [0.5, 0.6) is 0 Å². The maximum atomic E-state index is 13.5. The average Bonchev–Trinajstić information content (AvgIpc) is 2.38. The molecule has 2 N–H and O–H groups in total. The molecule has 1 heterocycles. The van der Waals surface area contributed by atoms with Crippen LogP contribution in [0.15, 0.2) is 18.2 Å². The van der Waals surface area contributed by atoms with E-state index in [0.29, 0.717) is 0 Å². The van der Waals surface area contributed by atoms with Crippen LogP contribution < -0.4 is 10.6 Å². The minimum absolute atomic E-state index is 0.0824. The summed E-state index contributed by atoms with van der Waals surface area (Å²) in [6.07, 6.45) is 1.83. The first-order valence-electron chi connectivity index (χ1n) is 7.00. The van der Waals surface area contributed by atoms with Gasteiger partial charge < -0.3 is 15.4 Å². The minimum atomic E-state index is -0.191. The van der Waals surface area contributed by atoms with Gasteiger partial charge in [-0.15, -0.1) is 0 Å². The van der Waals surface area contributed by atoms with E-state index >= 15 is 0 Å². The van der Waals surface area contributed by atoms with Crippen molar-refractivity contribution >= 4 is 5.69 Å². The third-order valence-corrected chi connectivity index (χ3v) is 3.63. The number of halogens is 1. The zero-order valence-electron chi connectivity index (χ0n) is 11.7. The fraction of sp³-hybridized carbons (Fsp3) is 0.600. The molecule has 0 aliphatic carbocycles. The molecular weight excluding hydrogens is 243 g/mol. The second-order valence-electron chi connectivity index (χ2n) is 5.27. The van der Waals surface area contributed by atoms with E-state index in [4.69, 9.17) is 10.5 Å². The van der Waals surface area contributed by atoms with Crippen LogP contribution in [0, 0.1) is 5.82 Å². The lowest BCUT2D eigenvalue weighted by atomic mass is 10.0. The van der Waals surface area contributed by atoms with Crippen LogP contribution in [-0.4, -0.2) is 31.8 Å². The maximum absolute atomic E-state index is 13.5. The Morgan fingerprint density at radius 2 is 2.32 bits per heavy atom. The number of hydrogen-bond donors (Lipinski definition) is 1. The summed E-state index contributed by atoms with van der Waals surface area (Å²) in [7, 11) is 0. The number of nitrogens with two attached hydrogens (primary N) is 1. The molecule has 0 aromatic heterocycles. The van der Waals surface area contributed by atoms with Crippen LogP contribution >= 0.6 is 0 Å². The number of rotatable bonds is 4. The molecule has 1 fully saturated rings. The van der Waals surface area contributed by atoms with Crippen molar-refractivity contribution in [2.45, 2.75) is 38.8 Å². The number of nitrogens with zero attached hydrogens (tertiary/aromatic N) is 1. The topological polar surface area (TPSA) is 38.5 Å². The van der Waals surface area contributed by atoms with Gasteiger partial charge in [-0.3, -0.25) is 0 Å². The van der Waals surface area contributed by atoms with E-state index in [2.05, 4.69) is 18.7 Å². The Balaban J connectivity index is 2.22. The van der Waals surface area contributed by atoms with Crippen molar-refractivity contribution in [2.24, 2.45) is 5.73 Å². The highest BCUT2D eigenvalue weighted by atomic mass is 19.1. The third kappa shape index (κ3) is 3.67. The van der Waals surface area contributed by atoms with Gasteiger partial charge in [-0.1, -0.05) is 6.92 Å². The third-order valence-electron chi connectivity index (χ3n) is 3.63. The number of benzene rings is 1. The summed E-state index contributed by atoms with van der Waals surface area (Å²) < 4.78 is 19.0. The SMILES string of the molecule is CCC(N)Cc1cc(F)ccc1N1CCOC(C)C1. The Kier molecular flexibility index (Phi) is 4.77. The van der Waals surface area contributed by atoms with Crippen LogP contribution in [0.1, 0.15) is 25.8 Å². The predicted molar refractivity (Wildman–Crippen MR) is 76.0 cm³/mol. The Morgan fingerprint density at radius 3 is 3.00 bits per heavy atom. The highest BCUT2D eigenvalue weighted by Crippen LogP contribution is 2.25. The van der Waals surface area contributed by atoms with E-state index in [9.17, 15) is 4.39 Å². The van der Waals surface area contributed by atoms with Gasteiger partial charge >= 0.3 is 0 Å². The van der Waals surface area contributed by atoms with Crippen LogP contribution in [-0.2, 0) is 11.2 Å². The zero-order chi connectivity index (χ0) is 13.8. The van der Waals surface area contributed by atoms with Crippen molar-refractivity contribution in [2.75, 3.05) is 24.6 Å². The van der Waals surface area contributed by atoms with Crippen LogP contribution in [0.3, 0.4) is 0 Å². The lowest BCUT2D eigenvalue weighted by Gasteiger charge is -2.34. The van der Waals surface area contributed by atoms with E-state index in [-0.39, 0.29) is 18.0 Å². The standard InChI is InChI=1S/C15H23FN2O/c1-3-14(17)9-12-8-13(16)4-5-15(12)18-6-7-19-11(2)10-18/h4-5,8,11,14H,3,6-7,9-10,17H2,1-2H3. The zero-order valence-corrected chi connectivity index (χ0v) is 11.7. The highest BCUT2D eigenvalue weighted by Gasteiger charge is 2.20. The lowest BCUT2D eigenvalue weighted by Crippen LogP contribution is -2.41. The Morgan fingerprint density at radius 1 is 1.53 bits per heavy atom. The average molecular weight is 266 g/mol. The van der Waals surface area contributed by atoms with Crippen molar-refractivity contribution in [3.8, 4) is 0 Å². The van der Waals surface area contributed by atoms with Gasteiger partial charge in [-0.2, -0.15) is 0 Å². The van der Waals surface area contributed by atoms with Gasteiger partial charge in [0.15, 0.2) is 0 Å². The number of hydrogen-bond acceptors (Lipinski definition) is 3. The predicted octanol–water partition coefficient (Wildman–Crippen LogP) is 2.33. The molecule has 0 spiro atoms. The van der Waals surface area contributed by atoms with Gasteiger partial charge in [0.2, 0.25) is 0 Å². The minimum Gasteiger partial charge on any atom is -0.375 e. The Hall–Kier alpha value is -1.13. The van der Waals surface area contributed by atoms with Gasteiger partial charge in [-0.05, 0) is 43.5 Å². The largest absolute Gasteiger partial charge is 0.375 e. The van der Waals surface area contributed by atoms with Gasteiger partial charge in [0.25, 0.3) is 0 Å². The summed E-state index contributed by atoms with van der Waals surface area (Å²) in [5.74, 6) is -0.191. The van der Waals surface area contributed by atoms with E-state index < -0.39 is 0 Å². The van der Waals surface area contributed by atoms with Crippen molar-refractivity contribution in [1.82, 2.24) is 0 Å². The summed E-state index contributed by atoms with van der Waals surface area (Å²) in [6, 6.07) is 5.09. The second-order valence-corrected chi connectivity index (χ2v) is 5.27. The smallest absolute Gasteiger partial charge is 0.123 e. The molecule has 0 bridgehead atoms. The first-order chi connectivity index (χ1) is 9.10. The summed E-state index contributed by atoms with van der Waals surface area (Å²) >= 11 is 0. The summed E-state index contributed by atoms with van der Waals surface area (Å²) in [4.78, 5) is 2.27. The molecule has 3 nitrogen and oxygen atoms in total. The van der Waals surface area contributed by atoms with Crippen LogP contribution in [0.4, 0.5) is 10.1 Å². The number of morpholine rings is 1. The second kappa shape index (κ2) is 6.35. The number of anilines is 1. The Labute approximate surface area is 114 Å². The maximum Gasteiger partial charge on any atom is 0.123 e. The summed E-state index contributed by atoms with van der Waals surface area (Å²) in [5.41, 5.74) is 8.12. The molecule has 1 aliphatic heterocycles. The molecule has 1 aliphatic rings. The van der Waals surface area contributed by atoms with E-state index in [1.54, 1.807) is 6.07 Å². The lowest BCUT2D eigenvalue weighted by molar-refractivity contribution is 0.0531. The first kappa shape index (κ1) is 14.3. The molecule has 1 aromatic rings. The molecule has 0 amide bonds. The highest BCUT2D eigenvalue weighted by molar-refractivity contribution is 5.54. The molecule has 19 heavy (non-hydrogen) atoms. The quantitative estimate of drug-likeness (QED) is 0.909. The van der Waals surface area contributed by atoms with Crippen molar-refractivity contribution in [3.63, 3.8) is 0 Å². The molecule has 106 valence electrons. The van der Waals surface area contributed by atoms with E-state index in [0.717, 1.165) is 43.8 Å². The van der Waals surface area contributed by atoms with Crippen LogP contribution in [0.25, 0.3) is 0 Å². The van der Waals surface area contributed by atoms with Crippen molar-refractivity contribution < 1.29 is 9.13 Å². The summed E-state index contributed by atoms with van der Waals surface area (Å²) in [6.45, 7) is 6.54. The normalized spacial score (nSPS) is 21.5. The van der Waals surface area contributed by atoms with Gasteiger partial charge in [-0.25, -0.2) is 4.39 Å². The molecular formula is C15H23FN2O. The number of ether oxygens (including phenoxy) is 1. The first-order valence-corrected chi connectivity index (χ1v) is 7.00. The monoisotopic (exact) mass is 266 g/mol. The van der Waals surface area contributed by atoms with Gasteiger partial charge in [0.05, 0.1) is 12.7 Å². The van der Waals surface area contributed by atoms with E-state index in [1.807, 2.05) is 6.07 Å². The fourth-order valence-electron chi connectivity index (χ4n) is 2.49. The molecule has 2 unspecified atom stereocenters. The van der Waals surface area contributed by atoms with Gasteiger partial charge in [0.1, 0.15) is 5.82 Å². The fourth-order valence-corrected chi connectivity index (χ4v) is 2.49. The molecule has 2 atom stereocenters. The van der Waals surface area contributed by atoms with Crippen molar-refractivity contribution in [3.05, 3.63) is 29.6 Å². The van der Waals surface area contributed by atoms with Crippen LogP contribution in [0.2, 0.25) is 0 Å². The molecule has 4 heteroatoms. The molecule has 1 saturated heterocycles. The molecule has 1 aromatic carbocycles. The molecule has 0 radical (unpaired) electrons. The Bertz CT molecular complexity index is 425. The molecule has 0 saturated carbocycles. The molecule has 2 rings (SSSR count).